The van der Waals surface area contributed by atoms with Gasteiger partial charge in [-0.05, 0) is 36.6 Å². The highest BCUT2D eigenvalue weighted by atomic mass is 16.5. The molecule has 2 aromatic rings. The second-order valence-corrected chi connectivity index (χ2v) is 7.01. The third kappa shape index (κ3) is 3.68. The Morgan fingerprint density at radius 3 is 2.78 bits per heavy atom. The fourth-order valence-corrected chi connectivity index (χ4v) is 3.53. The molecular formula is C20H22N4O3. The van der Waals surface area contributed by atoms with Crippen molar-refractivity contribution in [3.05, 3.63) is 60.2 Å². The Kier molecular flexibility index (Phi) is 4.85. The predicted octanol–water partition coefficient (Wildman–Crippen LogP) is 1.57. The molecule has 7 nitrogen and oxygen atoms in total. The van der Waals surface area contributed by atoms with Gasteiger partial charge in [-0.1, -0.05) is 12.1 Å². The maximum Gasteiger partial charge on any atom is 0.254 e. The van der Waals surface area contributed by atoms with Gasteiger partial charge >= 0.3 is 0 Å². The van der Waals surface area contributed by atoms with Crippen LogP contribution in [0.15, 0.2) is 48.9 Å². The SMILES string of the molecule is CN(Cc1ccccn1)C(=O)[C@H]1OCC(=O)N(C2CC2)[C@@H]1c1cccnc1. The topological polar surface area (TPSA) is 75.6 Å². The summed E-state index contributed by atoms with van der Waals surface area (Å²) in [4.78, 5) is 37.6. The van der Waals surface area contributed by atoms with E-state index in [1.165, 1.54) is 0 Å². The molecule has 0 unspecified atom stereocenters. The van der Waals surface area contributed by atoms with Gasteiger partial charge in [0.05, 0.1) is 18.3 Å². The summed E-state index contributed by atoms with van der Waals surface area (Å²) in [5.41, 5.74) is 1.62. The number of aromatic nitrogens is 2. The Labute approximate surface area is 158 Å². The predicted molar refractivity (Wildman–Crippen MR) is 97.3 cm³/mol. The second-order valence-electron chi connectivity index (χ2n) is 7.01. The number of pyridine rings is 2. The minimum atomic E-state index is -0.749. The lowest BCUT2D eigenvalue weighted by Crippen LogP contribution is -2.55. The van der Waals surface area contributed by atoms with Gasteiger partial charge in [-0.25, -0.2) is 0 Å². The van der Waals surface area contributed by atoms with Crippen molar-refractivity contribution in [3.63, 3.8) is 0 Å². The Balaban J connectivity index is 1.60. The molecule has 4 rings (SSSR count). The zero-order chi connectivity index (χ0) is 18.8. The standard InChI is InChI=1S/C20H22N4O3/c1-23(12-15-6-2-3-10-22-15)20(26)19-18(14-5-4-9-21-11-14)24(16-7-8-16)17(25)13-27-19/h2-6,9-11,16,18-19H,7-8,12-13H2,1H3/t18-,19+/m1/s1. The van der Waals surface area contributed by atoms with E-state index in [-0.39, 0.29) is 24.5 Å². The molecule has 0 N–H and O–H groups in total. The summed E-state index contributed by atoms with van der Waals surface area (Å²) in [5, 5.41) is 0. The van der Waals surface area contributed by atoms with Crippen molar-refractivity contribution in [1.82, 2.24) is 19.8 Å². The van der Waals surface area contributed by atoms with E-state index in [0.29, 0.717) is 6.54 Å². The van der Waals surface area contributed by atoms with Crippen molar-refractivity contribution in [1.29, 1.82) is 0 Å². The van der Waals surface area contributed by atoms with Gasteiger partial charge in [0.15, 0.2) is 6.10 Å². The van der Waals surface area contributed by atoms with Crippen LogP contribution >= 0.6 is 0 Å². The number of rotatable bonds is 5. The summed E-state index contributed by atoms with van der Waals surface area (Å²) < 4.78 is 5.76. The van der Waals surface area contributed by atoms with Gasteiger partial charge < -0.3 is 14.5 Å². The van der Waals surface area contributed by atoms with Gasteiger partial charge in [0.1, 0.15) is 6.61 Å². The van der Waals surface area contributed by atoms with Gasteiger partial charge in [0, 0.05) is 31.7 Å². The summed E-state index contributed by atoms with van der Waals surface area (Å²) in [6.45, 7) is 0.317. The van der Waals surface area contributed by atoms with Gasteiger partial charge in [-0.3, -0.25) is 19.6 Å². The lowest BCUT2D eigenvalue weighted by molar-refractivity contribution is -0.170. The molecule has 1 aliphatic carbocycles. The molecule has 2 aromatic heterocycles. The van der Waals surface area contributed by atoms with Crippen molar-refractivity contribution < 1.29 is 14.3 Å². The smallest absolute Gasteiger partial charge is 0.254 e. The normalized spacial score (nSPS) is 22.6. The molecule has 27 heavy (non-hydrogen) atoms. The van der Waals surface area contributed by atoms with E-state index < -0.39 is 12.1 Å². The number of nitrogens with zero attached hydrogens (tertiary/aromatic N) is 4. The van der Waals surface area contributed by atoms with E-state index in [1.807, 2.05) is 35.2 Å². The molecule has 1 saturated heterocycles. The second kappa shape index (κ2) is 7.44. The van der Waals surface area contributed by atoms with Crippen molar-refractivity contribution in [2.45, 2.75) is 37.6 Å². The van der Waals surface area contributed by atoms with Crippen LogP contribution in [0, 0.1) is 0 Å². The zero-order valence-electron chi connectivity index (χ0n) is 15.2. The number of hydrogen-bond donors (Lipinski definition) is 0. The Morgan fingerprint density at radius 1 is 1.26 bits per heavy atom. The minimum absolute atomic E-state index is 0.0669. The highest BCUT2D eigenvalue weighted by molar-refractivity contribution is 5.86. The van der Waals surface area contributed by atoms with Crippen LogP contribution in [0.1, 0.15) is 30.1 Å². The molecule has 7 heteroatoms. The van der Waals surface area contributed by atoms with E-state index in [9.17, 15) is 9.59 Å². The first-order chi connectivity index (χ1) is 13.1. The fourth-order valence-electron chi connectivity index (χ4n) is 3.53. The number of amides is 2. The minimum Gasteiger partial charge on any atom is -0.356 e. The molecule has 2 fully saturated rings. The van der Waals surface area contributed by atoms with Gasteiger partial charge in [0.2, 0.25) is 5.91 Å². The Hall–Kier alpha value is -2.80. The molecule has 1 aliphatic heterocycles. The summed E-state index contributed by atoms with van der Waals surface area (Å²) in [5.74, 6) is -0.226. The van der Waals surface area contributed by atoms with Gasteiger partial charge in [-0.15, -0.1) is 0 Å². The molecule has 2 aliphatic rings. The molecule has 3 heterocycles. The van der Waals surface area contributed by atoms with Crippen LogP contribution in [-0.2, 0) is 20.9 Å². The summed E-state index contributed by atoms with van der Waals surface area (Å²) in [6.07, 6.45) is 6.28. The summed E-state index contributed by atoms with van der Waals surface area (Å²) in [6, 6.07) is 9.06. The van der Waals surface area contributed by atoms with Crippen LogP contribution in [0.2, 0.25) is 0 Å². The van der Waals surface area contributed by atoms with E-state index in [0.717, 1.165) is 24.1 Å². The lowest BCUT2D eigenvalue weighted by Gasteiger charge is -2.41. The van der Waals surface area contributed by atoms with Crippen molar-refractivity contribution >= 4 is 11.8 Å². The van der Waals surface area contributed by atoms with Crippen LogP contribution in [0.25, 0.3) is 0 Å². The number of hydrogen-bond acceptors (Lipinski definition) is 5. The van der Waals surface area contributed by atoms with Gasteiger partial charge in [0.25, 0.3) is 5.91 Å². The molecule has 140 valence electrons. The molecule has 1 saturated carbocycles. The first-order valence-electron chi connectivity index (χ1n) is 9.12. The summed E-state index contributed by atoms with van der Waals surface area (Å²) >= 11 is 0. The van der Waals surface area contributed by atoms with E-state index in [4.69, 9.17) is 4.74 Å². The third-order valence-electron chi connectivity index (χ3n) is 4.97. The molecule has 0 spiro atoms. The number of likely N-dealkylation sites (N-methyl/N-ethyl adjacent to an activating group) is 1. The average molecular weight is 366 g/mol. The number of carbonyl (C=O) groups excluding carboxylic acids is 2. The highest BCUT2D eigenvalue weighted by Crippen LogP contribution is 2.39. The van der Waals surface area contributed by atoms with E-state index in [1.54, 1.807) is 30.5 Å². The van der Waals surface area contributed by atoms with Crippen LogP contribution in [0.3, 0.4) is 0 Å². The maximum atomic E-state index is 13.2. The van der Waals surface area contributed by atoms with Crippen LogP contribution < -0.4 is 0 Å². The van der Waals surface area contributed by atoms with Crippen molar-refractivity contribution in [2.24, 2.45) is 0 Å². The van der Waals surface area contributed by atoms with Crippen molar-refractivity contribution in [2.75, 3.05) is 13.7 Å². The Bertz CT molecular complexity index is 810. The molecule has 0 radical (unpaired) electrons. The quantitative estimate of drug-likeness (QED) is 0.803. The number of carbonyl (C=O) groups is 2. The number of morpholine rings is 1. The average Bonchev–Trinajstić information content (AvgIpc) is 3.53. The first-order valence-corrected chi connectivity index (χ1v) is 9.12. The molecular weight excluding hydrogens is 344 g/mol. The highest BCUT2D eigenvalue weighted by Gasteiger charge is 2.48. The Morgan fingerprint density at radius 2 is 2.11 bits per heavy atom. The van der Waals surface area contributed by atoms with Crippen LogP contribution in [-0.4, -0.2) is 57.4 Å². The lowest BCUT2D eigenvalue weighted by atomic mass is 9.97. The third-order valence-corrected chi connectivity index (χ3v) is 4.97. The summed E-state index contributed by atoms with van der Waals surface area (Å²) in [7, 11) is 1.73. The molecule has 0 bridgehead atoms. The first kappa shape index (κ1) is 17.6. The maximum absolute atomic E-state index is 13.2. The molecule has 0 aromatic carbocycles. The van der Waals surface area contributed by atoms with Crippen molar-refractivity contribution in [3.8, 4) is 0 Å². The van der Waals surface area contributed by atoms with E-state index >= 15 is 0 Å². The van der Waals surface area contributed by atoms with Crippen LogP contribution in [0.5, 0.6) is 0 Å². The largest absolute Gasteiger partial charge is 0.356 e. The molecule has 2 atom stereocenters. The van der Waals surface area contributed by atoms with E-state index in [2.05, 4.69) is 9.97 Å². The molecule has 2 amide bonds. The number of ether oxygens (including phenoxy) is 1. The zero-order valence-corrected chi connectivity index (χ0v) is 15.2. The fraction of sp³-hybridized carbons (Fsp3) is 0.400. The monoisotopic (exact) mass is 366 g/mol. The van der Waals surface area contributed by atoms with Gasteiger partial charge in [-0.2, -0.15) is 0 Å². The van der Waals surface area contributed by atoms with Crippen LogP contribution in [0.4, 0.5) is 0 Å².